The van der Waals surface area contributed by atoms with Crippen molar-refractivity contribution in [2.24, 2.45) is 9.98 Å². The van der Waals surface area contributed by atoms with Gasteiger partial charge >= 0.3 is 0 Å². The van der Waals surface area contributed by atoms with Gasteiger partial charge in [0, 0.05) is 29.6 Å². The number of phenols is 2. The third-order valence-electron chi connectivity index (χ3n) is 5.74. The number of aromatic hydroxyl groups is 2. The van der Waals surface area contributed by atoms with Crippen LogP contribution in [0.25, 0.3) is 0 Å². The Kier molecular flexibility index (Phi) is 7.77. The highest BCUT2D eigenvalue weighted by Crippen LogP contribution is 2.35. The zero-order valence-corrected chi connectivity index (χ0v) is 21.0. The average molecular weight is 459 g/mol. The van der Waals surface area contributed by atoms with E-state index in [1.165, 1.54) is 0 Å². The fourth-order valence-electron chi connectivity index (χ4n) is 3.87. The third kappa shape index (κ3) is 5.66. The van der Waals surface area contributed by atoms with Gasteiger partial charge in [-0.2, -0.15) is 0 Å². The van der Waals surface area contributed by atoms with Crippen LogP contribution >= 0.6 is 0 Å². The second-order valence-electron chi connectivity index (χ2n) is 9.26. The lowest BCUT2D eigenvalue weighted by molar-refractivity contribution is 0.415. The van der Waals surface area contributed by atoms with Gasteiger partial charge in [-0.15, -0.1) is 0 Å². The molecule has 0 fully saturated rings. The van der Waals surface area contributed by atoms with Gasteiger partial charge in [-0.25, -0.2) is 0 Å². The van der Waals surface area contributed by atoms with Crippen LogP contribution in [0.4, 0.5) is 11.4 Å². The first-order valence-corrected chi connectivity index (χ1v) is 11.5. The maximum Gasteiger partial charge on any atom is 0.127 e. The Morgan fingerprint density at radius 3 is 1.62 bits per heavy atom. The van der Waals surface area contributed by atoms with Crippen molar-refractivity contribution in [3.05, 3.63) is 75.8 Å². The summed E-state index contributed by atoms with van der Waals surface area (Å²) < 4.78 is 5.38. The Balaban J connectivity index is 2.04. The zero-order chi connectivity index (χ0) is 25.0. The number of hydrogen-bond acceptors (Lipinski definition) is 5. The van der Waals surface area contributed by atoms with Crippen LogP contribution in [0, 0.1) is 13.8 Å². The lowest BCUT2D eigenvalue weighted by atomic mass is 9.97. The van der Waals surface area contributed by atoms with Crippen molar-refractivity contribution in [3.8, 4) is 17.2 Å². The summed E-state index contributed by atoms with van der Waals surface area (Å²) in [7, 11) is 1.60. The van der Waals surface area contributed by atoms with Gasteiger partial charge in [0.25, 0.3) is 0 Å². The fourth-order valence-corrected chi connectivity index (χ4v) is 3.87. The zero-order valence-electron chi connectivity index (χ0n) is 21.0. The van der Waals surface area contributed by atoms with Crippen molar-refractivity contribution < 1.29 is 14.9 Å². The quantitative estimate of drug-likeness (QED) is 0.361. The largest absolute Gasteiger partial charge is 0.507 e. The molecule has 0 atom stereocenters. The van der Waals surface area contributed by atoms with Gasteiger partial charge < -0.3 is 14.9 Å². The molecular weight excluding hydrogens is 424 g/mol. The molecule has 2 N–H and O–H groups in total. The van der Waals surface area contributed by atoms with Crippen molar-refractivity contribution in [2.75, 3.05) is 7.11 Å². The lowest BCUT2D eigenvalue weighted by Gasteiger charge is -2.12. The first kappa shape index (κ1) is 25.0. The number of nitrogens with zero attached hydrogens (tertiary/aromatic N) is 2. The monoisotopic (exact) mass is 458 g/mol. The molecule has 5 heteroatoms. The topological polar surface area (TPSA) is 74.4 Å². The van der Waals surface area contributed by atoms with Crippen LogP contribution in [-0.2, 0) is 0 Å². The molecule has 0 radical (unpaired) electrons. The van der Waals surface area contributed by atoms with Crippen molar-refractivity contribution in [1.29, 1.82) is 0 Å². The van der Waals surface area contributed by atoms with E-state index in [4.69, 9.17) is 4.74 Å². The number of aryl methyl sites for hydroxylation is 2. The first-order valence-electron chi connectivity index (χ1n) is 11.5. The Morgan fingerprint density at radius 1 is 0.706 bits per heavy atom. The Bertz CT molecular complexity index is 1240. The van der Waals surface area contributed by atoms with E-state index in [0.717, 1.165) is 22.3 Å². The van der Waals surface area contributed by atoms with E-state index in [1.807, 2.05) is 50.2 Å². The van der Waals surface area contributed by atoms with E-state index in [-0.39, 0.29) is 23.3 Å². The number of phenolic OH excluding ortho intramolecular Hbond substituents is 2. The number of hydrogen-bond donors (Lipinski definition) is 2. The van der Waals surface area contributed by atoms with Crippen LogP contribution in [0.5, 0.6) is 17.2 Å². The van der Waals surface area contributed by atoms with Gasteiger partial charge in [-0.3, -0.25) is 9.98 Å². The predicted octanol–water partition coefficient (Wildman–Crippen LogP) is 7.47. The maximum atomic E-state index is 10.7. The normalized spacial score (nSPS) is 11.9. The number of methoxy groups -OCH3 is 1. The molecule has 5 nitrogen and oxygen atoms in total. The summed E-state index contributed by atoms with van der Waals surface area (Å²) in [5.41, 5.74) is 6.44. The SMILES string of the molecule is COc1ccc(N=Cc2cc(C)cc(C(C)C)c2O)c(N=Cc2cc(C)cc(C(C)C)c2O)c1. The van der Waals surface area contributed by atoms with Gasteiger partial charge in [0.05, 0.1) is 18.5 Å². The molecule has 178 valence electrons. The van der Waals surface area contributed by atoms with Gasteiger partial charge in [0.1, 0.15) is 17.2 Å². The second-order valence-corrected chi connectivity index (χ2v) is 9.26. The van der Waals surface area contributed by atoms with Crippen molar-refractivity contribution in [3.63, 3.8) is 0 Å². The second kappa shape index (κ2) is 10.6. The van der Waals surface area contributed by atoms with Gasteiger partial charge in [0.15, 0.2) is 0 Å². The molecule has 0 aliphatic heterocycles. The lowest BCUT2D eigenvalue weighted by Crippen LogP contribution is -1.95. The maximum absolute atomic E-state index is 10.7. The molecule has 3 rings (SSSR count). The van der Waals surface area contributed by atoms with Crippen LogP contribution in [0.2, 0.25) is 0 Å². The average Bonchev–Trinajstić information content (AvgIpc) is 2.79. The van der Waals surface area contributed by atoms with Crippen molar-refractivity contribution in [2.45, 2.75) is 53.4 Å². The van der Waals surface area contributed by atoms with Crippen LogP contribution in [-0.4, -0.2) is 29.8 Å². The molecule has 3 aromatic carbocycles. The van der Waals surface area contributed by atoms with E-state index in [2.05, 4.69) is 37.7 Å². The first-order chi connectivity index (χ1) is 16.1. The number of rotatable bonds is 7. The molecule has 34 heavy (non-hydrogen) atoms. The smallest absolute Gasteiger partial charge is 0.127 e. The van der Waals surface area contributed by atoms with E-state index in [9.17, 15) is 10.2 Å². The molecule has 0 saturated heterocycles. The molecule has 0 unspecified atom stereocenters. The Labute approximate surface area is 202 Å². The third-order valence-corrected chi connectivity index (χ3v) is 5.74. The number of aliphatic imine (C=N–C) groups is 2. The molecule has 0 heterocycles. The fraction of sp³-hybridized carbons (Fsp3) is 0.310. The van der Waals surface area contributed by atoms with Crippen LogP contribution in [0.15, 0.2) is 52.4 Å². The molecular formula is C29H34N2O3. The summed E-state index contributed by atoms with van der Waals surface area (Å²) in [6.07, 6.45) is 3.32. The molecule has 0 spiro atoms. The van der Waals surface area contributed by atoms with Crippen LogP contribution in [0.3, 0.4) is 0 Å². The minimum Gasteiger partial charge on any atom is -0.507 e. The minimum atomic E-state index is 0.196. The van der Waals surface area contributed by atoms with Crippen LogP contribution < -0.4 is 4.74 Å². The Hall–Kier alpha value is -3.60. The van der Waals surface area contributed by atoms with Crippen molar-refractivity contribution >= 4 is 23.8 Å². The Morgan fingerprint density at radius 2 is 1.18 bits per heavy atom. The standard InChI is InChI=1S/C29H34N2O3/c1-17(2)24-12-19(5)10-21(28(24)32)15-30-26-9-8-23(34-7)14-27(26)31-16-22-11-20(6)13-25(18(3)4)29(22)33/h8-18,32-33H,1-7H3. The molecule has 0 bridgehead atoms. The number of benzene rings is 3. The number of ether oxygens (including phenoxy) is 1. The highest BCUT2D eigenvalue weighted by molar-refractivity contribution is 5.90. The molecule has 0 saturated carbocycles. The highest BCUT2D eigenvalue weighted by atomic mass is 16.5. The van der Waals surface area contributed by atoms with E-state index >= 15 is 0 Å². The molecule has 0 aliphatic rings. The highest BCUT2D eigenvalue weighted by Gasteiger charge is 2.12. The van der Waals surface area contributed by atoms with Gasteiger partial charge in [-0.1, -0.05) is 39.8 Å². The molecule has 3 aromatic rings. The predicted molar refractivity (Wildman–Crippen MR) is 141 cm³/mol. The van der Waals surface area contributed by atoms with E-state index in [0.29, 0.717) is 28.3 Å². The summed E-state index contributed by atoms with van der Waals surface area (Å²) in [5.74, 6) is 1.53. The van der Waals surface area contributed by atoms with E-state index in [1.54, 1.807) is 25.6 Å². The van der Waals surface area contributed by atoms with Crippen molar-refractivity contribution in [1.82, 2.24) is 0 Å². The van der Waals surface area contributed by atoms with Gasteiger partial charge in [-0.05, 0) is 72.2 Å². The van der Waals surface area contributed by atoms with Gasteiger partial charge in [0.2, 0.25) is 0 Å². The molecule has 0 aliphatic carbocycles. The van der Waals surface area contributed by atoms with Crippen LogP contribution in [0.1, 0.15) is 72.9 Å². The summed E-state index contributed by atoms with van der Waals surface area (Å²) in [5, 5.41) is 21.5. The molecule has 0 amide bonds. The molecule has 0 aromatic heterocycles. The summed E-state index contributed by atoms with van der Waals surface area (Å²) in [6, 6.07) is 13.3. The summed E-state index contributed by atoms with van der Waals surface area (Å²) >= 11 is 0. The van der Waals surface area contributed by atoms with E-state index < -0.39 is 0 Å². The summed E-state index contributed by atoms with van der Waals surface area (Å²) in [4.78, 5) is 9.28. The summed E-state index contributed by atoms with van der Waals surface area (Å²) in [6.45, 7) is 12.2. The minimum absolute atomic E-state index is 0.196.